The van der Waals surface area contributed by atoms with E-state index in [2.05, 4.69) is 17.4 Å². The van der Waals surface area contributed by atoms with E-state index in [1.165, 1.54) is 5.56 Å². The third-order valence-electron chi connectivity index (χ3n) is 6.37. The SMILES string of the molecule is O=C(COCc1ccccc1)[C@H](OCc1ccccc1)[C@@H](CCNCc1ccccc1)OCc1ccccc1. The van der Waals surface area contributed by atoms with Gasteiger partial charge in [0.05, 0.1) is 25.9 Å². The number of ketones is 1. The minimum absolute atomic E-state index is 0.0447. The maximum absolute atomic E-state index is 13.5. The van der Waals surface area contributed by atoms with E-state index < -0.39 is 12.2 Å². The molecule has 1 N–H and O–H groups in total. The number of hydrogen-bond acceptors (Lipinski definition) is 5. The summed E-state index contributed by atoms with van der Waals surface area (Å²) >= 11 is 0. The van der Waals surface area contributed by atoms with Crippen LogP contribution in [0.3, 0.4) is 0 Å². The van der Waals surface area contributed by atoms with Crippen molar-refractivity contribution in [3.8, 4) is 0 Å². The number of rotatable bonds is 17. The zero-order chi connectivity index (χ0) is 27.0. The average molecular weight is 524 g/mol. The quantitative estimate of drug-likeness (QED) is 0.169. The molecule has 0 radical (unpaired) electrons. The Bertz CT molecular complexity index is 1200. The largest absolute Gasteiger partial charge is 0.370 e. The smallest absolute Gasteiger partial charge is 0.189 e. The van der Waals surface area contributed by atoms with Gasteiger partial charge < -0.3 is 19.5 Å². The van der Waals surface area contributed by atoms with E-state index in [9.17, 15) is 4.79 Å². The Balaban J connectivity index is 1.43. The first-order valence-electron chi connectivity index (χ1n) is 13.5. The molecule has 202 valence electrons. The Morgan fingerprint density at radius 1 is 0.590 bits per heavy atom. The molecule has 0 bridgehead atoms. The first-order chi connectivity index (χ1) is 19.3. The first kappa shape index (κ1) is 28.4. The number of carbonyl (C=O) groups excluding carboxylic acids is 1. The summed E-state index contributed by atoms with van der Waals surface area (Å²) in [6.45, 7) is 2.46. The van der Waals surface area contributed by atoms with Crippen LogP contribution in [0.4, 0.5) is 0 Å². The van der Waals surface area contributed by atoms with E-state index >= 15 is 0 Å². The molecule has 0 heterocycles. The Hall–Kier alpha value is -3.61. The second-order valence-electron chi connectivity index (χ2n) is 9.45. The van der Waals surface area contributed by atoms with Crippen LogP contribution in [0.1, 0.15) is 28.7 Å². The fraction of sp³-hybridized carbons (Fsp3) is 0.265. The van der Waals surface area contributed by atoms with Gasteiger partial charge in [0.1, 0.15) is 12.7 Å². The van der Waals surface area contributed by atoms with Gasteiger partial charge in [-0.15, -0.1) is 0 Å². The van der Waals surface area contributed by atoms with Crippen LogP contribution in [0.2, 0.25) is 0 Å². The second-order valence-corrected chi connectivity index (χ2v) is 9.45. The van der Waals surface area contributed by atoms with Gasteiger partial charge in [-0.25, -0.2) is 0 Å². The number of hydrogen-bond donors (Lipinski definition) is 1. The Morgan fingerprint density at radius 2 is 1.05 bits per heavy atom. The summed E-state index contributed by atoms with van der Waals surface area (Å²) in [4.78, 5) is 13.5. The van der Waals surface area contributed by atoms with Gasteiger partial charge in [0.25, 0.3) is 0 Å². The molecule has 4 aromatic carbocycles. The highest BCUT2D eigenvalue weighted by molar-refractivity contribution is 5.85. The van der Waals surface area contributed by atoms with E-state index in [4.69, 9.17) is 14.2 Å². The van der Waals surface area contributed by atoms with Gasteiger partial charge in [0, 0.05) is 6.54 Å². The fourth-order valence-corrected chi connectivity index (χ4v) is 4.27. The summed E-state index contributed by atoms with van der Waals surface area (Å²) in [5.41, 5.74) is 4.29. The predicted molar refractivity (Wildman–Crippen MR) is 154 cm³/mol. The van der Waals surface area contributed by atoms with Gasteiger partial charge in [0.2, 0.25) is 0 Å². The van der Waals surface area contributed by atoms with Crippen LogP contribution in [0.5, 0.6) is 0 Å². The van der Waals surface area contributed by atoms with Crippen molar-refractivity contribution in [1.29, 1.82) is 0 Å². The normalized spacial score (nSPS) is 12.6. The summed E-state index contributed by atoms with van der Waals surface area (Å²) in [6.07, 6.45) is -0.586. The number of carbonyl (C=O) groups is 1. The van der Waals surface area contributed by atoms with Crippen LogP contribution < -0.4 is 5.32 Å². The number of benzene rings is 4. The number of Topliss-reactive ketones (excluding diaryl/α,β-unsaturated/α-hetero) is 1. The van der Waals surface area contributed by atoms with Crippen LogP contribution in [0.15, 0.2) is 121 Å². The number of ether oxygens (including phenoxy) is 3. The van der Waals surface area contributed by atoms with Crippen molar-refractivity contribution < 1.29 is 19.0 Å². The minimum Gasteiger partial charge on any atom is -0.370 e. The second kappa shape index (κ2) is 16.4. The maximum Gasteiger partial charge on any atom is 0.189 e. The Kier molecular flexibility index (Phi) is 11.9. The van der Waals surface area contributed by atoms with Crippen LogP contribution in [0.25, 0.3) is 0 Å². The average Bonchev–Trinajstić information content (AvgIpc) is 3.00. The standard InChI is InChI=1S/C34H37NO4/c36-32(27-37-24-29-15-7-2-8-16-29)34(39-26-31-19-11-4-12-20-31)33(38-25-30-17-9-3-10-18-30)21-22-35-23-28-13-5-1-6-14-28/h1-20,33-35H,21-27H2/t33-,34+/m1/s1. The summed E-state index contributed by atoms with van der Waals surface area (Å²) in [5.74, 6) is -0.122. The molecule has 39 heavy (non-hydrogen) atoms. The van der Waals surface area contributed by atoms with Gasteiger partial charge in [-0.3, -0.25) is 4.79 Å². The molecule has 0 amide bonds. The van der Waals surface area contributed by atoms with Crippen LogP contribution >= 0.6 is 0 Å². The van der Waals surface area contributed by atoms with Gasteiger partial charge in [-0.2, -0.15) is 0 Å². The van der Waals surface area contributed by atoms with Crippen LogP contribution in [0, 0.1) is 0 Å². The first-order valence-corrected chi connectivity index (χ1v) is 13.5. The lowest BCUT2D eigenvalue weighted by Crippen LogP contribution is -2.42. The van der Waals surface area contributed by atoms with Crippen molar-refractivity contribution in [3.63, 3.8) is 0 Å². The summed E-state index contributed by atoms with van der Waals surface area (Å²) < 4.78 is 18.5. The maximum atomic E-state index is 13.5. The van der Waals surface area contributed by atoms with E-state index in [-0.39, 0.29) is 12.4 Å². The fourth-order valence-electron chi connectivity index (χ4n) is 4.27. The lowest BCUT2D eigenvalue weighted by molar-refractivity contribution is -0.150. The summed E-state index contributed by atoms with van der Waals surface area (Å²) in [6, 6.07) is 40.0. The van der Waals surface area contributed by atoms with Gasteiger partial charge in [-0.1, -0.05) is 121 Å². The molecule has 4 rings (SSSR count). The van der Waals surface area contributed by atoms with E-state index in [1.807, 2.05) is 109 Å². The summed E-state index contributed by atoms with van der Waals surface area (Å²) in [5, 5.41) is 3.48. The third-order valence-corrected chi connectivity index (χ3v) is 6.37. The minimum atomic E-state index is -0.761. The van der Waals surface area contributed by atoms with E-state index in [0.29, 0.717) is 32.8 Å². The Labute approximate surface area is 231 Å². The van der Waals surface area contributed by atoms with Gasteiger partial charge >= 0.3 is 0 Å². The highest BCUT2D eigenvalue weighted by atomic mass is 16.5. The van der Waals surface area contributed by atoms with Crippen molar-refractivity contribution in [1.82, 2.24) is 5.32 Å². The van der Waals surface area contributed by atoms with Crippen molar-refractivity contribution >= 4 is 5.78 Å². The van der Waals surface area contributed by atoms with Gasteiger partial charge in [0.15, 0.2) is 5.78 Å². The molecule has 2 atom stereocenters. The topological polar surface area (TPSA) is 56.8 Å². The van der Waals surface area contributed by atoms with Crippen LogP contribution in [-0.2, 0) is 45.4 Å². The zero-order valence-corrected chi connectivity index (χ0v) is 22.3. The zero-order valence-electron chi connectivity index (χ0n) is 22.3. The van der Waals surface area contributed by atoms with Gasteiger partial charge in [-0.05, 0) is 35.2 Å². The molecule has 0 aliphatic carbocycles. The molecular formula is C34H37NO4. The lowest BCUT2D eigenvalue weighted by Gasteiger charge is -2.27. The van der Waals surface area contributed by atoms with E-state index in [1.54, 1.807) is 0 Å². The molecule has 0 spiro atoms. The summed E-state index contributed by atoms with van der Waals surface area (Å²) in [7, 11) is 0. The van der Waals surface area contributed by atoms with Crippen molar-refractivity contribution in [3.05, 3.63) is 144 Å². The molecule has 0 aromatic heterocycles. The molecule has 0 fully saturated rings. The number of nitrogens with one attached hydrogen (secondary N) is 1. The molecular weight excluding hydrogens is 486 g/mol. The van der Waals surface area contributed by atoms with Crippen molar-refractivity contribution in [2.75, 3.05) is 13.2 Å². The molecule has 0 saturated heterocycles. The molecule has 5 heteroatoms. The molecule has 0 unspecified atom stereocenters. The molecule has 0 saturated carbocycles. The predicted octanol–water partition coefficient (Wildman–Crippen LogP) is 6.12. The van der Waals surface area contributed by atoms with Crippen molar-refractivity contribution in [2.45, 2.75) is 45.0 Å². The van der Waals surface area contributed by atoms with Crippen molar-refractivity contribution in [2.24, 2.45) is 0 Å². The molecule has 4 aromatic rings. The Morgan fingerprint density at radius 3 is 1.59 bits per heavy atom. The van der Waals surface area contributed by atoms with Crippen LogP contribution in [-0.4, -0.2) is 31.1 Å². The highest BCUT2D eigenvalue weighted by Crippen LogP contribution is 2.16. The highest BCUT2D eigenvalue weighted by Gasteiger charge is 2.30. The van der Waals surface area contributed by atoms with E-state index in [0.717, 1.165) is 23.2 Å². The molecule has 5 nitrogen and oxygen atoms in total. The molecule has 0 aliphatic heterocycles. The third kappa shape index (κ3) is 10.2. The lowest BCUT2D eigenvalue weighted by atomic mass is 10.1. The molecule has 0 aliphatic rings. The monoisotopic (exact) mass is 523 g/mol.